The minimum Gasteiger partial charge on any atom is -0.385 e. The van der Waals surface area contributed by atoms with Gasteiger partial charge in [0.15, 0.2) is 0 Å². The van der Waals surface area contributed by atoms with Gasteiger partial charge in [0, 0.05) is 11.9 Å². The van der Waals surface area contributed by atoms with E-state index in [4.69, 9.17) is 0 Å². The standard InChI is InChI=1S/C19H23N3O4S2/c1-19(2,24)15-10-20-18(27-15)28(25,26)22-17(23)21-16-13-7-3-5-11(13)9-12-6-4-8-14(12)16/h9-10,24H,3-8H2,1-2H3,(H2,21,22,23). The largest absolute Gasteiger partial charge is 0.385 e. The minimum absolute atomic E-state index is 0.247. The highest BCUT2D eigenvalue weighted by molar-refractivity contribution is 7.92. The number of aromatic nitrogens is 1. The van der Waals surface area contributed by atoms with Gasteiger partial charge in [0.25, 0.3) is 10.0 Å². The van der Waals surface area contributed by atoms with Crippen molar-refractivity contribution in [3.63, 3.8) is 0 Å². The van der Waals surface area contributed by atoms with E-state index in [2.05, 4.69) is 21.1 Å². The molecular weight excluding hydrogens is 398 g/mol. The normalized spacial score (nSPS) is 16.0. The summed E-state index contributed by atoms with van der Waals surface area (Å²) in [4.78, 5) is 16.8. The number of anilines is 1. The second-order valence-electron chi connectivity index (χ2n) is 7.84. The number of nitrogens with zero attached hydrogens (tertiary/aromatic N) is 1. The molecule has 1 heterocycles. The van der Waals surface area contributed by atoms with Gasteiger partial charge in [0.1, 0.15) is 0 Å². The fraction of sp³-hybridized carbons (Fsp3) is 0.474. The predicted octanol–water partition coefficient (Wildman–Crippen LogP) is 2.86. The van der Waals surface area contributed by atoms with Gasteiger partial charge < -0.3 is 10.4 Å². The van der Waals surface area contributed by atoms with Crippen LogP contribution >= 0.6 is 11.3 Å². The molecule has 0 unspecified atom stereocenters. The monoisotopic (exact) mass is 421 g/mol. The van der Waals surface area contributed by atoms with E-state index < -0.39 is 21.7 Å². The Morgan fingerprint density at radius 1 is 1.14 bits per heavy atom. The van der Waals surface area contributed by atoms with Crippen molar-refractivity contribution in [1.82, 2.24) is 9.71 Å². The average Bonchev–Trinajstić information content (AvgIpc) is 3.33. The molecule has 1 aromatic carbocycles. The second kappa shape index (κ2) is 6.82. The Morgan fingerprint density at radius 2 is 1.75 bits per heavy atom. The van der Waals surface area contributed by atoms with Gasteiger partial charge in [-0.15, -0.1) is 11.3 Å². The highest BCUT2D eigenvalue weighted by Gasteiger charge is 2.28. The Balaban J connectivity index is 1.56. The molecule has 28 heavy (non-hydrogen) atoms. The molecule has 2 amide bonds. The molecule has 0 atom stereocenters. The maximum Gasteiger partial charge on any atom is 0.333 e. The molecule has 4 rings (SSSR count). The van der Waals surface area contributed by atoms with Crippen LogP contribution in [0.5, 0.6) is 0 Å². The van der Waals surface area contributed by atoms with Crippen molar-refractivity contribution in [2.75, 3.05) is 5.32 Å². The van der Waals surface area contributed by atoms with Crippen LogP contribution in [0.2, 0.25) is 0 Å². The number of amides is 2. The fourth-order valence-corrected chi connectivity index (χ4v) is 5.99. The average molecular weight is 422 g/mol. The number of benzene rings is 1. The van der Waals surface area contributed by atoms with E-state index in [1.807, 2.05) is 0 Å². The molecule has 0 aliphatic heterocycles. The van der Waals surface area contributed by atoms with Gasteiger partial charge >= 0.3 is 6.03 Å². The molecule has 7 nitrogen and oxygen atoms in total. The quantitative estimate of drug-likeness (QED) is 0.703. The highest BCUT2D eigenvalue weighted by atomic mass is 32.2. The molecule has 150 valence electrons. The molecule has 0 saturated carbocycles. The van der Waals surface area contributed by atoms with Crippen molar-refractivity contribution >= 4 is 33.1 Å². The molecule has 1 aromatic heterocycles. The summed E-state index contributed by atoms with van der Waals surface area (Å²) >= 11 is 0.844. The van der Waals surface area contributed by atoms with Gasteiger partial charge in [-0.3, -0.25) is 0 Å². The van der Waals surface area contributed by atoms with Crippen LogP contribution in [0.4, 0.5) is 10.5 Å². The maximum atomic E-state index is 12.5. The molecule has 0 saturated heterocycles. The third kappa shape index (κ3) is 3.54. The molecule has 0 spiro atoms. The van der Waals surface area contributed by atoms with Crippen molar-refractivity contribution < 1.29 is 18.3 Å². The number of carbonyl (C=O) groups is 1. The first kappa shape index (κ1) is 19.4. The Kier molecular flexibility index (Phi) is 4.71. The van der Waals surface area contributed by atoms with Crippen LogP contribution in [0.1, 0.15) is 53.8 Å². The number of aliphatic hydroxyl groups is 1. The smallest absolute Gasteiger partial charge is 0.333 e. The third-order valence-corrected chi connectivity index (χ3v) is 8.29. The third-order valence-electron chi connectivity index (χ3n) is 5.26. The van der Waals surface area contributed by atoms with Crippen molar-refractivity contribution in [2.24, 2.45) is 0 Å². The Hall–Kier alpha value is -1.97. The molecule has 3 N–H and O–H groups in total. The first-order valence-corrected chi connectivity index (χ1v) is 11.6. The second-order valence-corrected chi connectivity index (χ2v) is 10.7. The minimum atomic E-state index is -4.11. The number of carbonyl (C=O) groups excluding carboxylic acids is 1. The zero-order chi connectivity index (χ0) is 20.1. The van der Waals surface area contributed by atoms with Crippen LogP contribution in [0.3, 0.4) is 0 Å². The van der Waals surface area contributed by atoms with Crippen LogP contribution in [0.25, 0.3) is 0 Å². The lowest BCUT2D eigenvalue weighted by Gasteiger charge is -2.16. The molecule has 2 aliphatic carbocycles. The van der Waals surface area contributed by atoms with Crippen molar-refractivity contribution in [3.05, 3.63) is 39.4 Å². The van der Waals surface area contributed by atoms with Crippen LogP contribution < -0.4 is 10.0 Å². The lowest BCUT2D eigenvalue weighted by atomic mass is 9.99. The zero-order valence-electron chi connectivity index (χ0n) is 15.8. The summed E-state index contributed by atoms with van der Waals surface area (Å²) in [5.41, 5.74) is 4.37. The molecule has 2 aromatic rings. The Morgan fingerprint density at radius 3 is 2.29 bits per heavy atom. The lowest BCUT2D eigenvalue weighted by Crippen LogP contribution is -2.34. The SMILES string of the molecule is CC(C)(O)c1cnc(S(=O)(=O)NC(=O)Nc2c3c(cc4c2CCC4)CCC3)s1. The number of sulfonamides is 1. The number of hydrogen-bond donors (Lipinski definition) is 3. The molecule has 9 heteroatoms. The fourth-order valence-electron chi connectivity index (χ4n) is 3.94. The lowest BCUT2D eigenvalue weighted by molar-refractivity contribution is 0.0823. The van der Waals surface area contributed by atoms with Gasteiger partial charge in [-0.1, -0.05) is 6.07 Å². The van der Waals surface area contributed by atoms with E-state index in [-0.39, 0.29) is 4.34 Å². The molecule has 0 bridgehead atoms. The van der Waals surface area contributed by atoms with Crippen LogP contribution in [0, 0.1) is 0 Å². The van der Waals surface area contributed by atoms with Gasteiger partial charge in [-0.2, -0.15) is 8.42 Å². The van der Waals surface area contributed by atoms with Crippen LogP contribution in [-0.2, 0) is 41.3 Å². The molecule has 0 fully saturated rings. The van der Waals surface area contributed by atoms with Crippen LogP contribution in [-0.4, -0.2) is 24.5 Å². The topological polar surface area (TPSA) is 108 Å². The van der Waals surface area contributed by atoms with E-state index in [1.165, 1.54) is 17.3 Å². The highest BCUT2D eigenvalue weighted by Crippen LogP contribution is 2.38. The first-order valence-electron chi connectivity index (χ1n) is 9.34. The summed E-state index contributed by atoms with van der Waals surface area (Å²) in [7, 11) is -4.11. The summed E-state index contributed by atoms with van der Waals surface area (Å²) in [6.45, 7) is 3.10. The maximum absolute atomic E-state index is 12.5. The van der Waals surface area contributed by atoms with Crippen molar-refractivity contribution in [1.29, 1.82) is 0 Å². The number of rotatable bonds is 4. The van der Waals surface area contributed by atoms with Gasteiger partial charge in [0.05, 0.1) is 10.5 Å². The predicted molar refractivity (Wildman–Crippen MR) is 107 cm³/mol. The van der Waals surface area contributed by atoms with Gasteiger partial charge in [-0.25, -0.2) is 14.5 Å². The summed E-state index contributed by atoms with van der Waals surface area (Å²) in [6.07, 6.45) is 7.19. The summed E-state index contributed by atoms with van der Waals surface area (Å²) in [5.74, 6) is 0. The summed E-state index contributed by atoms with van der Waals surface area (Å²) < 4.78 is 26.9. The van der Waals surface area contributed by atoms with E-state index in [0.29, 0.717) is 4.88 Å². The summed E-state index contributed by atoms with van der Waals surface area (Å²) in [6, 6.07) is 1.47. The van der Waals surface area contributed by atoms with Crippen molar-refractivity contribution in [3.8, 4) is 0 Å². The number of nitrogens with one attached hydrogen (secondary N) is 2. The first-order chi connectivity index (χ1) is 13.1. The molecule has 2 aliphatic rings. The van der Waals surface area contributed by atoms with E-state index in [0.717, 1.165) is 66.7 Å². The van der Waals surface area contributed by atoms with E-state index in [1.54, 1.807) is 13.8 Å². The Bertz CT molecular complexity index is 1020. The number of thiazole rings is 1. The van der Waals surface area contributed by atoms with Gasteiger partial charge in [-0.05, 0) is 74.6 Å². The van der Waals surface area contributed by atoms with Crippen molar-refractivity contribution in [2.45, 2.75) is 62.3 Å². The Labute approximate surface area is 168 Å². The molecule has 0 radical (unpaired) electrons. The number of fused-ring (bicyclic) bond motifs is 2. The number of urea groups is 1. The zero-order valence-corrected chi connectivity index (χ0v) is 17.5. The summed E-state index contributed by atoms with van der Waals surface area (Å²) in [5, 5.41) is 12.8. The van der Waals surface area contributed by atoms with Gasteiger partial charge in [0.2, 0.25) is 4.34 Å². The van der Waals surface area contributed by atoms with E-state index >= 15 is 0 Å². The number of aryl methyl sites for hydroxylation is 2. The molecular formula is C19H23N3O4S2. The number of hydrogen-bond acceptors (Lipinski definition) is 6. The van der Waals surface area contributed by atoms with E-state index in [9.17, 15) is 18.3 Å². The van der Waals surface area contributed by atoms with Crippen LogP contribution in [0.15, 0.2) is 16.6 Å².